The van der Waals surface area contributed by atoms with E-state index < -0.39 is 15.9 Å². The van der Waals surface area contributed by atoms with Crippen LogP contribution >= 0.6 is 0 Å². The van der Waals surface area contributed by atoms with E-state index in [1.807, 2.05) is 13.8 Å². The minimum atomic E-state index is -3.12. The zero-order chi connectivity index (χ0) is 12.3. The molecule has 0 spiro atoms. The first-order chi connectivity index (χ1) is 7.35. The average molecular weight is 246 g/mol. The highest BCUT2D eigenvalue weighted by molar-refractivity contribution is 7.94. The van der Waals surface area contributed by atoms with Gasteiger partial charge in [-0.15, -0.1) is 0 Å². The van der Waals surface area contributed by atoms with Crippen molar-refractivity contribution in [2.75, 3.05) is 12.3 Å². The molecule has 0 aromatic carbocycles. The number of hydrogen-bond acceptors (Lipinski definition) is 4. The number of sulfone groups is 1. The summed E-state index contributed by atoms with van der Waals surface area (Å²) in [6, 6.07) is -0.412. The number of carbonyl (C=O) groups excluding carboxylic acids is 1. The molecule has 2 unspecified atom stereocenters. The van der Waals surface area contributed by atoms with Crippen LogP contribution in [0, 0.1) is 11.8 Å². The lowest BCUT2D eigenvalue weighted by atomic mass is 9.95. The molecule has 1 amide bonds. The van der Waals surface area contributed by atoms with Crippen LogP contribution in [0.3, 0.4) is 0 Å². The molecule has 1 heterocycles. The van der Waals surface area contributed by atoms with Crippen LogP contribution < -0.4 is 11.1 Å². The van der Waals surface area contributed by atoms with Crippen molar-refractivity contribution in [2.24, 2.45) is 17.6 Å². The normalized spacial score (nSPS) is 24.6. The van der Waals surface area contributed by atoms with E-state index in [2.05, 4.69) is 5.32 Å². The Bertz CT molecular complexity index is 387. The summed E-state index contributed by atoms with van der Waals surface area (Å²) in [5.41, 5.74) is 5.51. The first kappa shape index (κ1) is 13.2. The van der Waals surface area contributed by atoms with Gasteiger partial charge in [0.25, 0.3) is 0 Å². The predicted molar refractivity (Wildman–Crippen MR) is 62.2 cm³/mol. The van der Waals surface area contributed by atoms with Gasteiger partial charge in [-0.25, -0.2) is 8.42 Å². The highest BCUT2D eigenvalue weighted by Gasteiger charge is 2.27. The first-order valence-electron chi connectivity index (χ1n) is 5.27. The fourth-order valence-electron chi connectivity index (χ4n) is 1.64. The van der Waals surface area contributed by atoms with Gasteiger partial charge < -0.3 is 11.1 Å². The van der Waals surface area contributed by atoms with Gasteiger partial charge in [0.15, 0.2) is 9.84 Å². The van der Waals surface area contributed by atoms with Crippen LogP contribution in [-0.4, -0.2) is 32.7 Å². The van der Waals surface area contributed by atoms with E-state index in [4.69, 9.17) is 5.73 Å². The number of amides is 1. The fourth-order valence-corrected chi connectivity index (χ4v) is 2.87. The molecule has 1 aliphatic rings. The monoisotopic (exact) mass is 246 g/mol. The van der Waals surface area contributed by atoms with Crippen LogP contribution in [0.5, 0.6) is 0 Å². The van der Waals surface area contributed by atoms with Crippen LogP contribution in [0.25, 0.3) is 0 Å². The minimum absolute atomic E-state index is 0.0475. The minimum Gasteiger partial charge on any atom is -0.349 e. The second kappa shape index (κ2) is 4.97. The Balaban J connectivity index is 2.56. The van der Waals surface area contributed by atoms with Crippen molar-refractivity contribution in [3.8, 4) is 0 Å². The lowest BCUT2D eigenvalue weighted by Gasteiger charge is -2.20. The molecule has 0 bridgehead atoms. The smallest absolute Gasteiger partial charge is 0.225 e. The molecule has 5 nitrogen and oxygen atoms in total. The standard InChI is InChI=1S/C10H18N2O3S/c1-7(2)9(5-11)10(13)12-8-3-4-16(14,15)6-8/h3-4,7-9H,5-6,11H2,1-2H3,(H,12,13). The van der Waals surface area contributed by atoms with Crippen molar-refractivity contribution >= 4 is 15.7 Å². The van der Waals surface area contributed by atoms with E-state index in [1.165, 1.54) is 6.08 Å². The quantitative estimate of drug-likeness (QED) is 0.709. The van der Waals surface area contributed by atoms with Gasteiger partial charge in [0.05, 0.1) is 17.7 Å². The van der Waals surface area contributed by atoms with Crippen LogP contribution in [-0.2, 0) is 14.6 Å². The van der Waals surface area contributed by atoms with Crippen molar-refractivity contribution < 1.29 is 13.2 Å². The van der Waals surface area contributed by atoms with Gasteiger partial charge in [-0.2, -0.15) is 0 Å². The molecule has 6 heteroatoms. The second-order valence-electron chi connectivity index (χ2n) is 4.36. The SMILES string of the molecule is CC(C)C(CN)C(=O)NC1C=CS(=O)(=O)C1. The summed E-state index contributed by atoms with van der Waals surface area (Å²) in [5.74, 6) is -0.346. The van der Waals surface area contributed by atoms with Gasteiger partial charge in [-0.1, -0.05) is 13.8 Å². The molecule has 16 heavy (non-hydrogen) atoms. The van der Waals surface area contributed by atoms with E-state index in [9.17, 15) is 13.2 Å². The van der Waals surface area contributed by atoms with E-state index >= 15 is 0 Å². The predicted octanol–water partition coefficient (Wildman–Crippen LogP) is -0.356. The van der Waals surface area contributed by atoms with Crippen molar-refractivity contribution in [1.82, 2.24) is 5.32 Å². The Labute approximate surface area is 96.0 Å². The van der Waals surface area contributed by atoms with Crippen molar-refractivity contribution in [3.05, 3.63) is 11.5 Å². The number of rotatable bonds is 4. The molecule has 0 saturated heterocycles. The third-order valence-corrected chi connectivity index (χ3v) is 4.05. The molecule has 0 saturated carbocycles. The highest BCUT2D eigenvalue weighted by atomic mass is 32.2. The topological polar surface area (TPSA) is 89.3 Å². The van der Waals surface area contributed by atoms with Gasteiger partial charge >= 0.3 is 0 Å². The Morgan fingerprint density at radius 1 is 1.56 bits per heavy atom. The highest BCUT2D eigenvalue weighted by Crippen LogP contribution is 2.12. The van der Waals surface area contributed by atoms with E-state index in [0.717, 1.165) is 5.41 Å². The van der Waals surface area contributed by atoms with Crippen LogP contribution in [0.4, 0.5) is 0 Å². The van der Waals surface area contributed by atoms with Crippen LogP contribution in [0.2, 0.25) is 0 Å². The van der Waals surface area contributed by atoms with Gasteiger partial charge in [0.1, 0.15) is 0 Å². The maximum Gasteiger partial charge on any atom is 0.225 e. The second-order valence-corrected chi connectivity index (χ2v) is 6.29. The summed E-state index contributed by atoms with van der Waals surface area (Å²) >= 11 is 0. The molecule has 1 rings (SSSR count). The molecule has 0 aliphatic carbocycles. The fraction of sp³-hybridized carbons (Fsp3) is 0.700. The Morgan fingerprint density at radius 2 is 2.19 bits per heavy atom. The summed E-state index contributed by atoms with van der Waals surface area (Å²) in [5, 5.41) is 3.83. The van der Waals surface area contributed by atoms with Crippen LogP contribution in [0.15, 0.2) is 11.5 Å². The number of carbonyl (C=O) groups is 1. The number of nitrogens with two attached hydrogens (primary N) is 1. The van der Waals surface area contributed by atoms with Gasteiger partial charge in [-0.05, 0) is 12.0 Å². The van der Waals surface area contributed by atoms with E-state index in [1.54, 1.807) is 0 Å². The third-order valence-electron chi connectivity index (χ3n) is 2.65. The molecule has 0 aromatic rings. The van der Waals surface area contributed by atoms with Gasteiger partial charge in [0.2, 0.25) is 5.91 Å². The summed E-state index contributed by atoms with van der Waals surface area (Å²) in [6.07, 6.45) is 1.50. The molecule has 0 radical (unpaired) electrons. The number of hydrogen-bond donors (Lipinski definition) is 2. The van der Waals surface area contributed by atoms with Crippen molar-refractivity contribution in [1.29, 1.82) is 0 Å². The molecular formula is C10H18N2O3S. The lowest BCUT2D eigenvalue weighted by Crippen LogP contribution is -2.43. The van der Waals surface area contributed by atoms with Gasteiger partial charge in [-0.3, -0.25) is 4.79 Å². The largest absolute Gasteiger partial charge is 0.349 e. The maximum atomic E-state index is 11.8. The first-order valence-corrected chi connectivity index (χ1v) is 6.98. The molecule has 0 aromatic heterocycles. The Morgan fingerprint density at radius 3 is 2.56 bits per heavy atom. The van der Waals surface area contributed by atoms with E-state index in [-0.39, 0.29) is 30.0 Å². The summed E-state index contributed by atoms with van der Waals surface area (Å²) < 4.78 is 22.3. The zero-order valence-corrected chi connectivity index (χ0v) is 10.3. The van der Waals surface area contributed by atoms with Crippen molar-refractivity contribution in [2.45, 2.75) is 19.9 Å². The maximum absolute atomic E-state index is 11.8. The lowest BCUT2D eigenvalue weighted by molar-refractivity contribution is -0.126. The number of nitrogens with one attached hydrogen (secondary N) is 1. The molecule has 3 N–H and O–H groups in total. The average Bonchev–Trinajstić information content (AvgIpc) is 2.45. The molecule has 0 fully saturated rings. The van der Waals surface area contributed by atoms with Crippen LogP contribution in [0.1, 0.15) is 13.8 Å². The summed E-state index contributed by atoms with van der Waals surface area (Å²) in [7, 11) is -3.12. The van der Waals surface area contributed by atoms with E-state index in [0.29, 0.717) is 0 Å². The molecule has 92 valence electrons. The Hall–Kier alpha value is -0.880. The molecule has 1 aliphatic heterocycles. The van der Waals surface area contributed by atoms with Crippen molar-refractivity contribution in [3.63, 3.8) is 0 Å². The zero-order valence-electron chi connectivity index (χ0n) is 9.51. The molecule has 2 atom stereocenters. The summed E-state index contributed by atoms with van der Waals surface area (Å²) in [4.78, 5) is 11.8. The van der Waals surface area contributed by atoms with Gasteiger partial charge in [0, 0.05) is 12.0 Å². The third kappa shape index (κ3) is 3.31. The summed E-state index contributed by atoms with van der Waals surface area (Å²) in [6.45, 7) is 4.10. The Kier molecular flexibility index (Phi) is 4.09. The molecular weight excluding hydrogens is 228 g/mol.